The summed E-state index contributed by atoms with van der Waals surface area (Å²) in [5.74, 6) is -0.374. The van der Waals surface area contributed by atoms with Gasteiger partial charge in [-0.15, -0.1) is 0 Å². The van der Waals surface area contributed by atoms with Crippen LogP contribution in [-0.4, -0.2) is 43.3 Å². The van der Waals surface area contributed by atoms with Crippen LogP contribution < -0.4 is 15.5 Å². The number of anilines is 1. The molecule has 0 spiro atoms. The van der Waals surface area contributed by atoms with Gasteiger partial charge >= 0.3 is 19.1 Å². The molecule has 0 saturated heterocycles. The van der Waals surface area contributed by atoms with Crippen LogP contribution in [-0.2, 0) is 19.1 Å². The van der Waals surface area contributed by atoms with Gasteiger partial charge in [0.2, 0.25) is 0 Å². The van der Waals surface area contributed by atoms with Gasteiger partial charge in [0.15, 0.2) is 0 Å². The lowest BCUT2D eigenvalue weighted by molar-refractivity contribution is -0.138. The Morgan fingerprint density at radius 3 is 1.96 bits per heavy atom. The third kappa shape index (κ3) is 5.87. The lowest BCUT2D eigenvalue weighted by Gasteiger charge is -2.10. The van der Waals surface area contributed by atoms with Gasteiger partial charge in [-0.25, -0.2) is 9.59 Å². The Labute approximate surface area is 156 Å². The molecule has 0 aliphatic carbocycles. The molecule has 8 nitrogen and oxygen atoms in total. The molecular weight excluding hydrogens is 353 g/mol. The summed E-state index contributed by atoms with van der Waals surface area (Å²) >= 11 is 0. The average Bonchev–Trinajstić information content (AvgIpc) is 2.68. The molecule has 140 valence electrons. The zero-order valence-electron chi connectivity index (χ0n) is 14.7. The van der Waals surface area contributed by atoms with Crippen LogP contribution in [0.15, 0.2) is 60.3 Å². The van der Waals surface area contributed by atoms with E-state index in [2.05, 4.69) is 14.8 Å². The average molecular weight is 371 g/mol. The quantitative estimate of drug-likeness (QED) is 0.372. The summed E-state index contributed by atoms with van der Waals surface area (Å²) in [6.07, 6.45) is 0.993. The van der Waals surface area contributed by atoms with Gasteiger partial charge in [0, 0.05) is 5.69 Å². The maximum atomic E-state index is 11.7. The van der Waals surface area contributed by atoms with Crippen LogP contribution in [0.4, 0.5) is 5.69 Å². The monoisotopic (exact) mass is 371 g/mol. The predicted octanol–water partition coefficient (Wildman–Crippen LogP) is 0.800. The van der Waals surface area contributed by atoms with Crippen LogP contribution in [0.25, 0.3) is 0 Å². The second-order valence-electron chi connectivity index (χ2n) is 5.27. The van der Waals surface area contributed by atoms with Crippen molar-refractivity contribution < 1.29 is 33.8 Å². The number of carbonyl (C=O) groups is 2. The summed E-state index contributed by atoms with van der Waals surface area (Å²) in [6, 6.07) is 12.9. The van der Waals surface area contributed by atoms with Crippen molar-refractivity contribution in [2.45, 2.75) is 0 Å². The van der Waals surface area contributed by atoms with E-state index >= 15 is 0 Å². The largest absolute Gasteiger partial charge is 0.488 e. The first-order chi connectivity index (χ1) is 12.9. The van der Waals surface area contributed by atoms with Gasteiger partial charge < -0.3 is 29.6 Å². The summed E-state index contributed by atoms with van der Waals surface area (Å²) in [7, 11) is 0.868. The van der Waals surface area contributed by atoms with Crippen LogP contribution >= 0.6 is 0 Å². The fourth-order valence-corrected chi connectivity index (χ4v) is 2.04. The molecule has 0 heterocycles. The molecule has 0 bridgehead atoms. The van der Waals surface area contributed by atoms with Crippen LogP contribution in [0.2, 0.25) is 0 Å². The second kappa shape index (κ2) is 9.42. The summed E-state index contributed by atoms with van der Waals surface area (Å²) in [6.45, 7) is 0. The van der Waals surface area contributed by atoms with Crippen molar-refractivity contribution in [2.75, 3.05) is 19.5 Å². The number of ether oxygens (including phenoxy) is 3. The number of benzene rings is 2. The van der Waals surface area contributed by atoms with E-state index in [-0.39, 0.29) is 5.70 Å². The Hall–Kier alpha value is -3.30. The number of nitrogens with one attached hydrogen (secondary N) is 1. The normalized spacial score (nSPS) is 10.7. The molecule has 2 aromatic rings. The van der Waals surface area contributed by atoms with Crippen molar-refractivity contribution in [3.05, 3.63) is 60.3 Å². The highest BCUT2D eigenvalue weighted by Crippen LogP contribution is 2.23. The molecule has 27 heavy (non-hydrogen) atoms. The third-order valence-corrected chi connectivity index (χ3v) is 3.42. The lowest BCUT2D eigenvalue weighted by Crippen LogP contribution is -2.29. The van der Waals surface area contributed by atoms with Gasteiger partial charge in [-0.05, 0) is 41.9 Å². The van der Waals surface area contributed by atoms with E-state index in [9.17, 15) is 9.59 Å². The standard InChI is InChI=1S/C18H18BNO7/c1-25-17(21)11-16(18(22)26-2)20-13-5-9-15(10-6-13)27-14-7-3-12(4-8-14)19(23)24/h3-11,20,23-24H,1-2H3/b16-11+. The maximum absolute atomic E-state index is 11.7. The van der Waals surface area contributed by atoms with Gasteiger partial charge in [0.1, 0.15) is 17.2 Å². The topological polar surface area (TPSA) is 114 Å². The first-order valence-corrected chi connectivity index (χ1v) is 7.82. The summed E-state index contributed by atoms with van der Waals surface area (Å²) < 4.78 is 14.8. The second-order valence-corrected chi connectivity index (χ2v) is 5.27. The Balaban J connectivity index is 2.08. The van der Waals surface area contributed by atoms with Gasteiger partial charge in [-0.1, -0.05) is 12.1 Å². The van der Waals surface area contributed by atoms with E-state index in [1.807, 2.05) is 0 Å². The minimum atomic E-state index is -1.54. The van der Waals surface area contributed by atoms with Gasteiger partial charge in [-0.2, -0.15) is 0 Å². The third-order valence-electron chi connectivity index (χ3n) is 3.42. The highest BCUT2D eigenvalue weighted by atomic mass is 16.5. The number of methoxy groups -OCH3 is 2. The first kappa shape index (κ1) is 20.0. The number of esters is 2. The number of hydrogen-bond acceptors (Lipinski definition) is 8. The van der Waals surface area contributed by atoms with Crippen LogP contribution in [0, 0.1) is 0 Å². The molecule has 0 atom stereocenters. The minimum absolute atomic E-state index is 0.0730. The molecular formula is C18H18BNO7. The van der Waals surface area contributed by atoms with Crippen LogP contribution in [0.1, 0.15) is 0 Å². The zero-order valence-corrected chi connectivity index (χ0v) is 14.7. The molecule has 2 aromatic carbocycles. The lowest BCUT2D eigenvalue weighted by atomic mass is 9.80. The fraction of sp³-hybridized carbons (Fsp3) is 0.111. The van der Waals surface area contributed by atoms with Crippen molar-refractivity contribution in [3.8, 4) is 11.5 Å². The van der Waals surface area contributed by atoms with Gasteiger partial charge in [0.25, 0.3) is 0 Å². The summed E-state index contributed by atoms with van der Waals surface area (Å²) in [5, 5.41) is 20.9. The van der Waals surface area contributed by atoms with Crippen LogP contribution in [0.3, 0.4) is 0 Å². The van der Waals surface area contributed by atoms with E-state index in [4.69, 9.17) is 14.8 Å². The molecule has 0 aliphatic rings. The molecule has 0 radical (unpaired) electrons. The first-order valence-electron chi connectivity index (χ1n) is 7.82. The number of rotatable bonds is 7. The molecule has 0 fully saturated rings. The molecule has 0 aromatic heterocycles. The Morgan fingerprint density at radius 2 is 1.48 bits per heavy atom. The SMILES string of the molecule is COC(=O)/C=C(/Nc1ccc(Oc2ccc(B(O)O)cc2)cc1)C(=O)OC. The molecule has 0 unspecified atom stereocenters. The smallest absolute Gasteiger partial charge is 0.466 e. The minimum Gasteiger partial charge on any atom is -0.466 e. The number of carbonyl (C=O) groups excluding carboxylic acids is 2. The van der Waals surface area contributed by atoms with E-state index in [1.54, 1.807) is 36.4 Å². The van der Waals surface area contributed by atoms with Crippen molar-refractivity contribution >= 4 is 30.2 Å². The molecule has 2 rings (SSSR count). The Kier molecular flexibility index (Phi) is 6.98. The van der Waals surface area contributed by atoms with E-state index in [0.717, 1.165) is 6.08 Å². The van der Waals surface area contributed by atoms with Crippen LogP contribution in [0.5, 0.6) is 11.5 Å². The highest BCUT2D eigenvalue weighted by molar-refractivity contribution is 6.58. The molecule has 0 aliphatic heterocycles. The molecule has 0 saturated carbocycles. The van der Waals surface area contributed by atoms with Crippen molar-refractivity contribution in [1.82, 2.24) is 0 Å². The molecule has 3 N–H and O–H groups in total. The summed E-state index contributed by atoms with van der Waals surface area (Å²) in [4.78, 5) is 23.1. The Bertz CT molecular complexity index is 817. The van der Waals surface area contributed by atoms with E-state index in [0.29, 0.717) is 22.6 Å². The molecule has 9 heteroatoms. The van der Waals surface area contributed by atoms with Crippen molar-refractivity contribution in [1.29, 1.82) is 0 Å². The van der Waals surface area contributed by atoms with E-state index < -0.39 is 19.1 Å². The molecule has 0 amide bonds. The highest BCUT2D eigenvalue weighted by Gasteiger charge is 2.13. The predicted molar refractivity (Wildman–Crippen MR) is 98.5 cm³/mol. The summed E-state index contributed by atoms with van der Waals surface area (Å²) in [5.41, 5.74) is 0.812. The number of hydrogen-bond donors (Lipinski definition) is 3. The fourth-order valence-electron chi connectivity index (χ4n) is 2.04. The van der Waals surface area contributed by atoms with Crippen molar-refractivity contribution in [2.24, 2.45) is 0 Å². The Morgan fingerprint density at radius 1 is 0.926 bits per heavy atom. The van der Waals surface area contributed by atoms with Crippen molar-refractivity contribution in [3.63, 3.8) is 0 Å². The van der Waals surface area contributed by atoms with Gasteiger partial charge in [-0.3, -0.25) is 0 Å². The van der Waals surface area contributed by atoms with E-state index in [1.165, 1.54) is 26.4 Å². The zero-order chi connectivity index (χ0) is 19.8. The maximum Gasteiger partial charge on any atom is 0.488 e. The van der Waals surface area contributed by atoms with Gasteiger partial charge in [0.05, 0.1) is 20.3 Å².